The third-order valence-corrected chi connectivity index (χ3v) is 15.7. The van der Waals surface area contributed by atoms with Gasteiger partial charge in [-0.1, -0.05) is 28.1 Å². The van der Waals surface area contributed by atoms with Gasteiger partial charge in [-0.15, -0.1) is 0 Å². The molecule has 26 heteroatoms. The normalized spacial score (nSPS) is 29.9. The highest BCUT2D eigenvalue weighted by atomic mass is 79.9. The molecule has 5 aromatic rings. The number of H-pyrrole nitrogens is 1. The second kappa shape index (κ2) is 19.0. The largest absolute Gasteiger partial charge is 0.494 e. The Balaban J connectivity index is 0.000000133. The summed E-state index contributed by atoms with van der Waals surface area (Å²) < 4.78 is 169. The molecule has 4 fully saturated rings. The summed E-state index contributed by atoms with van der Waals surface area (Å²) in [7, 11) is -0.791. The van der Waals surface area contributed by atoms with Crippen LogP contribution in [0, 0.1) is 41.0 Å². The van der Waals surface area contributed by atoms with E-state index in [1.807, 2.05) is 27.7 Å². The Hall–Kier alpha value is -6.41. The van der Waals surface area contributed by atoms with Crippen molar-refractivity contribution in [1.82, 2.24) is 15.2 Å². The first kappa shape index (κ1) is 53.0. The molecule has 1 aromatic heterocycles. The summed E-state index contributed by atoms with van der Waals surface area (Å²) in [6, 6.07) is 16.3. The molecule has 14 nitrogen and oxygen atoms in total. The summed E-state index contributed by atoms with van der Waals surface area (Å²) in [5, 5.41) is 6.81. The van der Waals surface area contributed by atoms with E-state index in [0.29, 0.717) is 46.1 Å². The van der Waals surface area contributed by atoms with Gasteiger partial charge in [0.25, 0.3) is 37.3 Å². The molecule has 4 aliphatic heterocycles. The number of fused-ring (bicyclic) bond motifs is 3. The van der Waals surface area contributed by atoms with E-state index in [9.17, 15) is 43.9 Å². The minimum absolute atomic E-state index is 0.143. The van der Waals surface area contributed by atoms with Crippen LogP contribution in [0.1, 0.15) is 63.6 Å². The van der Waals surface area contributed by atoms with Gasteiger partial charge < -0.3 is 40.7 Å². The maximum atomic E-state index is 14.7. The molecule has 402 valence electrons. The number of amidine groups is 3. The van der Waals surface area contributed by atoms with Gasteiger partial charge in [-0.2, -0.15) is 5.10 Å². The van der Waals surface area contributed by atoms with Crippen molar-refractivity contribution in [3.8, 4) is 22.8 Å². The zero-order chi connectivity index (χ0) is 54.6. The van der Waals surface area contributed by atoms with Crippen molar-refractivity contribution >= 4 is 46.6 Å². The monoisotopic (exact) mass is 1130 g/mol. The third kappa shape index (κ3) is 9.09. The average Bonchev–Trinajstić information content (AvgIpc) is 4.31. The lowest BCUT2D eigenvalue weighted by molar-refractivity contribution is 0.00578. The second-order valence-electron chi connectivity index (χ2n) is 20.4. The number of hydrogen-bond acceptors (Lipinski definition) is 13. The number of nitrogens with two attached hydrogens (primary N) is 3. The van der Waals surface area contributed by atoms with Crippen LogP contribution in [-0.4, -0.2) is 89.2 Å². The molecule has 5 heterocycles. The van der Waals surface area contributed by atoms with E-state index >= 15 is 0 Å². The number of alkyl halides is 6. The second-order valence-corrected chi connectivity index (χ2v) is 21.3. The van der Waals surface area contributed by atoms with E-state index in [0.717, 1.165) is 18.2 Å². The molecular formula is C50H47BBrF10N9O5. The van der Waals surface area contributed by atoms with E-state index in [1.165, 1.54) is 60.7 Å². The molecule has 0 unspecified atom stereocenters. The fourth-order valence-electron chi connectivity index (χ4n) is 10.3. The molecule has 7 aliphatic rings. The predicted molar refractivity (Wildman–Crippen MR) is 260 cm³/mol. The summed E-state index contributed by atoms with van der Waals surface area (Å²) in [5.41, 5.74) is 10.1. The maximum Gasteiger partial charge on any atom is 0.494 e. The number of ether oxygens (including phenoxy) is 3. The van der Waals surface area contributed by atoms with Crippen molar-refractivity contribution in [2.24, 2.45) is 49.9 Å². The van der Waals surface area contributed by atoms with Crippen LogP contribution in [0.4, 0.5) is 43.9 Å². The van der Waals surface area contributed by atoms with Gasteiger partial charge in [0.1, 0.15) is 41.6 Å². The standard InChI is InChI=1S/C20H15F4N5O.C18H22BF3N2O3.C12H10BrF3N2O/c21-11-4-1-9(2-5-11)16-26-17(29-28-16)10-3-6-14(22)12(7-10)20(18(23)24)13-8-15(13)30-19(25)27-20;1-16(2)17(3,4)27-19(26-16)9-5-6-12(20)10(7-9)18(14(21)22)11-8-13(11)25-15(23)24-18;13-5-1-2-8(14)6(3-5)12(10(15)16)7-4-9(7)19-11(17)18-12/h1-7,13,15,18H,8H2,(H2,25,27)(H,26,28,29);5-7,11,13-14H,8H2,1-4H3,(H2,23,24);1-3,7,9-10H,4H2,(H2,17,18)/t13-,15+,20+;11-,13+,18+;7-,9+,12+/m000/s1. The van der Waals surface area contributed by atoms with Crippen LogP contribution >= 0.6 is 15.9 Å². The summed E-state index contributed by atoms with van der Waals surface area (Å²) >= 11 is 3.16. The van der Waals surface area contributed by atoms with Crippen LogP contribution in [0.3, 0.4) is 0 Å². The molecule has 0 amide bonds. The van der Waals surface area contributed by atoms with E-state index in [-0.39, 0.29) is 40.6 Å². The molecule has 3 aliphatic carbocycles. The molecule has 0 radical (unpaired) electrons. The highest BCUT2D eigenvalue weighted by molar-refractivity contribution is 9.10. The molecule has 4 aromatic carbocycles. The zero-order valence-electron chi connectivity index (χ0n) is 40.6. The topological polar surface area (TPSA) is 203 Å². The summed E-state index contributed by atoms with van der Waals surface area (Å²) in [5.74, 6) is -3.99. The van der Waals surface area contributed by atoms with Crippen LogP contribution in [0.2, 0.25) is 0 Å². The lowest BCUT2D eigenvalue weighted by Gasteiger charge is -2.33. The Morgan fingerprint density at radius 3 is 1.43 bits per heavy atom. The molecule has 0 bridgehead atoms. The predicted octanol–water partition coefficient (Wildman–Crippen LogP) is 8.71. The van der Waals surface area contributed by atoms with Gasteiger partial charge in [-0.25, -0.2) is 63.9 Å². The van der Waals surface area contributed by atoms with Crippen molar-refractivity contribution in [3.63, 3.8) is 0 Å². The Morgan fingerprint density at radius 2 is 0.974 bits per heavy atom. The smallest absolute Gasteiger partial charge is 0.462 e. The SMILES string of the molecule is CC1(C)OB(c2ccc(F)c([C@@]3(C(F)F)N=C(N)O[C@@H]4C[C@@H]43)c2)OC1(C)C.NC1=N[C@@](c2cc(-c3n[nH]c(-c4ccc(F)cc4)n3)ccc2F)(C(F)F)[C@H]2C[C@H]2O1.NC1=N[C@@](c2cc(Br)ccc2F)(C(F)F)[C@H]2C[C@H]2O1. The Kier molecular flexibility index (Phi) is 13.2. The Labute approximate surface area is 436 Å². The minimum atomic E-state index is -2.98. The number of hydrogen-bond donors (Lipinski definition) is 4. The number of benzene rings is 4. The van der Waals surface area contributed by atoms with Gasteiger partial charge in [-0.3, -0.25) is 5.10 Å². The Bertz CT molecular complexity index is 3160. The quantitative estimate of drug-likeness (QED) is 0.0817. The highest BCUT2D eigenvalue weighted by Crippen LogP contribution is 2.59. The van der Waals surface area contributed by atoms with Crippen LogP contribution < -0.4 is 22.7 Å². The average molecular weight is 1130 g/mol. The van der Waals surface area contributed by atoms with Crippen molar-refractivity contribution in [2.45, 2.75) is 112 Å². The van der Waals surface area contributed by atoms with Gasteiger partial charge in [-0.05, 0) is 119 Å². The molecule has 9 atom stereocenters. The van der Waals surface area contributed by atoms with E-state index in [2.05, 4.69) is 46.1 Å². The first-order valence-corrected chi connectivity index (χ1v) is 24.6. The van der Waals surface area contributed by atoms with Gasteiger partial charge in [0.15, 0.2) is 28.3 Å². The fraction of sp³-hybridized carbons (Fsp3) is 0.420. The molecule has 3 saturated carbocycles. The van der Waals surface area contributed by atoms with E-state index in [1.54, 1.807) is 0 Å². The van der Waals surface area contributed by atoms with Crippen molar-refractivity contribution < 1.29 is 67.4 Å². The first-order valence-electron chi connectivity index (χ1n) is 23.8. The molecule has 1 saturated heterocycles. The minimum Gasteiger partial charge on any atom is -0.462 e. The number of rotatable bonds is 9. The molecular weight excluding hydrogens is 1090 g/mol. The highest BCUT2D eigenvalue weighted by Gasteiger charge is 2.67. The van der Waals surface area contributed by atoms with Crippen LogP contribution in [0.25, 0.3) is 22.8 Å². The number of nitrogens with zero attached hydrogens (tertiary/aromatic N) is 5. The van der Waals surface area contributed by atoms with Gasteiger partial charge in [0.05, 0.1) is 11.2 Å². The molecule has 7 N–H and O–H groups in total. The van der Waals surface area contributed by atoms with Crippen LogP contribution in [0.5, 0.6) is 0 Å². The number of aromatic nitrogens is 3. The lowest BCUT2D eigenvalue weighted by atomic mass is 9.75. The first-order chi connectivity index (χ1) is 35.8. The fourth-order valence-corrected chi connectivity index (χ4v) is 10.6. The number of nitrogens with one attached hydrogen (secondary N) is 1. The van der Waals surface area contributed by atoms with E-state index < -0.39 is 114 Å². The number of aromatic amines is 1. The summed E-state index contributed by atoms with van der Waals surface area (Å²) in [4.78, 5) is 15.8. The van der Waals surface area contributed by atoms with E-state index in [4.69, 9.17) is 40.7 Å². The van der Waals surface area contributed by atoms with Gasteiger partial charge in [0.2, 0.25) is 0 Å². The van der Waals surface area contributed by atoms with Crippen LogP contribution in [-0.2, 0) is 40.1 Å². The van der Waals surface area contributed by atoms with Crippen LogP contribution in [0.15, 0.2) is 98.3 Å². The zero-order valence-corrected chi connectivity index (χ0v) is 42.2. The summed E-state index contributed by atoms with van der Waals surface area (Å²) in [6.45, 7) is 7.54. The van der Waals surface area contributed by atoms with Crippen molar-refractivity contribution in [1.29, 1.82) is 0 Å². The lowest BCUT2D eigenvalue weighted by Crippen LogP contribution is -2.44. The maximum absolute atomic E-state index is 14.7. The van der Waals surface area contributed by atoms with Gasteiger partial charge >= 0.3 is 7.12 Å². The number of halogens is 11. The summed E-state index contributed by atoms with van der Waals surface area (Å²) in [6.07, 6.45) is -9.06. The third-order valence-electron chi connectivity index (χ3n) is 15.2. The molecule has 12 rings (SSSR count). The van der Waals surface area contributed by atoms with Gasteiger partial charge in [0, 0.05) is 50.0 Å². The molecule has 0 spiro atoms. The van der Waals surface area contributed by atoms with Crippen molar-refractivity contribution in [2.75, 3.05) is 0 Å². The Morgan fingerprint density at radius 1 is 0.566 bits per heavy atom. The molecule has 76 heavy (non-hydrogen) atoms. The number of aliphatic imine (C=N–C) groups is 3. The van der Waals surface area contributed by atoms with Crippen molar-refractivity contribution in [3.05, 3.63) is 123 Å².